The number of carbonyl (C=O) groups is 1. The highest BCUT2D eigenvalue weighted by molar-refractivity contribution is 6.30. The molecule has 28 heavy (non-hydrogen) atoms. The minimum Gasteiger partial charge on any atom is -0.348 e. The Hall–Kier alpha value is -3.37. The highest BCUT2D eigenvalue weighted by Gasteiger charge is 2.19. The van der Waals surface area contributed by atoms with Gasteiger partial charge in [0.25, 0.3) is 5.91 Å². The number of hydrogen-bond donors (Lipinski definition) is 1. The molecular weight excluding hydrogens is 370 g/mol. The Morgan fingerprint density at radius 1 is 0.893 bits per heavy atom. The maximum Gasteiger partial charge on any atom is 0.255 e. The predicted octanol–water partition coefficient (Wildman–Crippen LogP) is 5.12. The molecule has 0 bridgehead atoms. The van der Waals surface area contributed by atoms with Gasteiger partial charge in [0.05, 0.1) is 23.1 Å². The van der Waals surface area contributed by atoms with Crippen LogP contribution >= 0.6 is 11.6 Å². The molecule has 3 aromatic carbocycles. The summed E-state index contributed by atoms with van der Waals surface area (Å²) in [6.45, 7) is 0.417. The van der Waals surface area contributed by atoms with Crippen molar-refractivity contribution in [3.63, 3.8) is 0 Å². The molecule has 1 amide bonds. The van der Waals surface area contributed by atoms with E-state index in [1.54, 1.807) is 10.9 Å². The van der Waals surface area contributed by atoms with E-state index in [2.05, 4.69) is 10.4 Å². The van der Waals surface area contributed by atoms with Gasteiger partial charge in [0, 0.05) is 17.1 Å². The first kappa shape index (κ1) is 18.0. The summed E-state index contributed by atoms with van der Waals surface area (Å²) in [6, 6.07) is 27.0. The Morgan fingerprint density at radius 2 is 1.54 bits per heavy atom. The SMILES string of the molecule is O=C(NCc1ccc(Cl)cc1)c1cnn(-c2ccccc2)c1-c1ccccc1. The molecule has 0 aliphatic heterocycles. The van der Waals surface area contributed by atoms with E-state index in [9.17, 15) is 4.79 Å². The van der Waals surface area contributed by atoms with Crippen LogP contribution in [0.25, 0.3) is 16.9 Å². The van der Waals surface area contributed by atoms with Crippen LogP contribution in [0.1, 0.15) is 15.9 Å². The van der Waals surface area contributed by atoms with Gasteiger partial charge in [-0.15, -0.1) is 0 Å². The zero-order valence-electron chi connectivity index (χ0n) is 15.0. The highest BCUT2D eigenvalue weighted by atomic mass is 35.5. The van der Waals surface area contributed by atoms with Gasteiger partial charge >= 0.3 is 0 Å². The summed E-state index contributed by atoms with van der Waals surface area (Å²) >= 11 is 5.92. The van der Waals surface area contributed by atoms with Crippen molar-refractivity contribution in [1.82, 2.24) is 15.1 Å². The van der Waals surface area contributed by atoms with Crippen LogP contribution in [-0.2, 0) is 6.54 Å². The summed E-state index contributed by atoms with van der Waals surface area (Å²) in [5.41, 5.74) is 4.11. The largest absolute Gasteiger partial charge is 0.348 e. The monoisotopic (exact) mass is 387 g/mol. The molecule has 0 radical (unpaired) electrons. The highest BCUT2D eigenvalue weighted by Crippen LogP contribution is 2.26. The Kier molecular flexibility index (Phi) is 5.22. The molecule has 4 rings (SSSR count). The fourth-order valence-electron chi connectivity index (χ4n) is 3.03. The van der Waals surface area contributed by atoms with Gasteiger partial charge in [-0.2, -0.15) is 5.10 Å². The van der Waals surface area contributed by atoms with Gasteiger partial charge in [0.15, 0.2) is 0 Å². The van der Waals surface area contributed by atoms with Gasteiger partial charge < -0.3 is 5.32 Å². The average molecular weight is 388 g/mol. The summed E-state index contributed by atoms with van der Waals surface area (Å²) in [4.78, 5) is 12.9. The number of nitrogens with zero attached hydrogens (tertiary/aromatic N) is 2. The number of benzene rings is 3. The Labute approximate surface area is 168 Å². The second-order valence-electron chi connectivity index (χ2n) is 6.33. The van der Waals surface area contributed by atoms with Crippen LogP contribution in [0, 0.1) is 0 Å². The first-order valence-corrected chi connectivity index (χ1v) is 9.31. The molecule has 4 aromatic rings. The Morgan fingerprint density at radius 3 is 2.21 bits per heavy atom. The number of rotatable bonds is 5. The molecule has 0 saturated carbocycles. The lowest BCUT2D eigenvalue weighted by atomic mass is 10.1. The molecule has 0 atom stereocenters. The van der Waals surface area contributed by atoms with E-state index in [4.69, 9.17) is 11.6 Å². The molecule has 1 aromatic heterocycles. The van der Waals surface area contributed by atoms with E-state index in [-0.39, 0.29) is 5.91 Å². The van der Waals surface area contributed by atoms with Crippen LogP contribution in [-0.4, -0.2) is 15.7 Å². The van der Waals surface area contributed by atoms with Crippen LogP contribution in [0.4, 0.5) is 0 Å². The van der Waals surface area contributed by atoms with Gasteiger partial charge in [0.2, 0.25) is 0 Å². The number of para-hydroxylation sites is 1. The minimum absolute atomic E-state index is 0.170. The second-order valence-corrected chi connectivity index (χ2v) is 6.77. The van der Waals surface area contributed by atoms with Crippen molar-refractivity contribution in [1.29, 1.82) is 0 Å². The third-order valence-electron chi connectivity index (χ3n) is 4.43. The van der Waals surface area contributed by atoms with Gasteiger partial charge in [-0.1, -0.05) is 72.3 Å². The number of aromatic nitrogens is 2. The van der Waals surface area contributed by atoms with Crippen molar-refractivity contribution in [3.05, 3.63) is 107 Å². The van der Waals surface area contributed by atoms with Crippen molar-refractivity contribution < 1.29 is 4.79 Å². The van der Waals surface area contributed by atoms with Gasteiger partial charge in [-0.25, -0.2) is 4.68 Å². The quantitative estimate of drug-likeness (QED) is 0.516. The Bertz CT molecular complexity index is 1070. The maximum atomic E-state index is 12.9. The van der Waals surface area contributed by atoms with Crippen molar-refractivity contribution in [2.45, 2.75) is 6.54 Å². The molecule has 0 spiro atoms. The van der Waals surface area contributed by atoms with Crippen LogP contribution in [0.2, 0.25) is 5.02 Å². The lowest BCUT2D eigenvalue weighted by molar-refractivity contribution is 0.0951. The van der Waals surface area contributed by atoms with Gasteiger partial charge in [0.1, 0.15) is 0 Å². The molecule has 138 valence electrons. The normalized spacial score (nSPS) is 10.6. The molecule has 0 saturated heterocycles. The van der Waals surface area contributed by atoms with Crippen LogP contribution < -0.4 is 5.32 Å². The molecule has 4 nitrogen and oxygen atoms in total. The first-order chi connectivity index (χ1) is 13.7. The molecule has 0 unspecified atom stereocenters. The zero-order valence-corrected chi connectivity index (χ0v) is 15.8. The standard InChI is InChI=1S/C23H18ClN3O/c24-19-13-11-17(12-14-19)15-25-23(28)21-16-26-27(20-9-5-2-6-10-20)22(21)18-7-3-1-4-8-18/h1-14,16H,15H2,(H,25,28). The van der Waals surface area contributed by atoms with E-state index < -0.39 is 0 Å². The summed E-state index contributed by atoms with van der Waals surface area (Å²) in [5, 5.41) is 8.13. The third-order valence-corrected chi connectivity index (χ3v) is 4.68. The predicted molar refractivity (Wildman–Crippen MR) is 112 cm³/mol. The second kappa shape index (κ2) is 8.11. The smallest absolute Gasteiger partial charge is 0.255 e. The lowest BCUT2D eigenvalue weighted by Crippen LogP contribution is -2.23. The zero-order chi connectivity index (χ0) is 19.3. The lowest BCUT2D eigenvalue weighted by Gasteiger charge is -2.11. The number of carbonyl (C=O) groups excluding carboxylic acids is 1. The van der Waals surface area contributed by atoms with Crippen molar-refractivity contribution in [2.75, 3.05) is 0 Å². The van der Waals surface area contributed by atoms with Gasteiger partial charge in [-0.3, -0.25) is 4.79 Å². The van der Waals surface area contributed by atoms with E-state index >= 15 is 0 Å². The van der Waals surface area contributed by atoms with E-state index in [0.29, 0.717) is 17.1 Å². The fourth-order valence-corrected chi connectivity index (χ4v) is 3.16. The number of nitrogens with one attached hydrogen (secondary N) is 1. The Balaban J connectivity index is 1.67. The number of halogens is 1. The molecule has 1 N–H and O–H groups in total. The van der Waals surface area contributed by atoms with E-state index in [1.807, 2.05) is 84.9 Å². The summed E-state index contributed by atoms with van der Waals surface area (Å²) < 4.78 is 1.80. The topological polar surface area (TPSA) is 46.9 Å². The number of amides is 1. The fraction of sp³-hybridized carbons (Fsp3) is 0.0435. The minimum atomic E-state index is -0.170. The van der Waals surface area contributed by atoms with Crippen LogP contribution in [0.3, 0.4) is 0 Å². The molecule has 0 fully saturated rings. The summed E-state index contributed by atoms with van der Waals surface area (Å²) in [5.74, 6) is -0.170. The number of hydrogen-bond acceptors (Lipinski definition) is 2. The van der Waals surface area contributed by atoms with Crippen molar-refractivity contribution in [2.24, 2.45) is 0 Å². The average Bonchev–Trinajstić information content (AvgIpc) is 3.20. The van der Waals surface area contributed by atoms with Crippen molar-refractivity contribution >= 4 is 17.5 Å². The maximum absolute atomic E-state index is 12.9. The van der Waals surface area contributed by atoms with E-state index in [0.717, 1.165) is 22.5 Å². The third kappa shape index (κ3) is 3.82. The first-order valence-electron chi connectivity index (χ1n) is 8.94. The molecule has 5 heteroatoms. The molecule has 0 aliphatic rings. The van der Waals surface area contributed by atoms with E-state index in [1.165, 1.54) is 0 Å². The molecular formula is C23H18ClN3O. The molecule has 0 aliphatic carbocycles. The summed E-state index contributed by atoms with van der Waals surface area (Å²) in [7, 11) is 0. The van der Waals surface area contributed by atoms with Crippen LogP contribution in [0.15, 0.2) is 91.1 Å². The van der Waals surface area contributed by atoms with Crippen LogP contribution in [0.5, 0.6) is 0 Å². The van der Waals surface area contributed by atoms with Crippen molar-refractivity contribution in [3.8, 4) is 16.9 Å². The molecule has 1 heterocycles. The summed E-state index contributed by atoms with van der Waals surface area (Å²) in [6.07, 6.45) is 1.62. The van der Waals surface area contributed by atoms with Gasteiger partial charge in [-0.05, 0) is 29.8 Å².